The number of nitrogens with one attached hydrogen (secondary N) is 2. The van der Waals surface area contributed by atoms with Gasteiger partial charge in [-0.25, -0.2) is 0 Å². The molecule has 0 spiro atoms. The number of amides is 2. The number of anilines is 2. The molecule has 0 radical (unpaired) electrons. The van der Waals surface area contributed by atoms with E-state index in [9.17, 15) is 9.59 Å². The maximum absolute atomic E-state index is 11.9. The van der Waals surface area contributed by atoms with E-state index in [1.165, 1.54) is 23.5 Å². The predicted octanol–water partition coefficient (Wildman–Crippen LogP) is 5.54. The third-order valence-corrected chi connectivity index (χ3v) is 12.2. The first-order chi connectivity index (χ1) is 14.7. The Labute approximate surface area is 191 Å². The Morgan fingerprint density at radius 2 is 0.967 bits per heavy atom. The van der Waals surface area contributed by atoms with Gasteiger partial charge in [0, 0.05) is 0 Å². The van der Waals surface area contributed by atoms with Crippen molar-refractivity contribution in [1.29, 1.82) is 0 Å². The standard InChI is InChI=1S/C24H32N2O2Se2/c27-23(25-21-13-5-1-6-14-21)17-9-3-11-19-29-30-20-12-4-10-18-24(28)26-22-15-7-2-8-16-22/h1-2,5-8,13-16H,3-4,9-12,17-20H2,(H,25,27)(H,26,28). The second-order valence-corrected chi connectivity index (χ2v) is 14.9. The molecule has 0 saturated carbocycles. The molecular weight excluding hydrogens is 506 g/mol. The van der Waals surface area contributed by atoms with Crippen LogP contribution in [0.2, 0.25) is 10.6 Å². The van der Waals surface area contributed by atoms with E-state index >= 15 is 0 Å². The maximum atomic E-state index is 11.9. The normalized spacial score (nSPS) is 10.5. The van der Waals surface area contributed by atoms with Gasteiger partial charge in [-0.3, -0.25) is 0 Å². The Kier molecular flexibility index (Phi) is 13.3. The van der Waals surface area contributed by atoms with Crippen LogP contribution in [-0.4, -0.2) is 38.1 Å². The van der Waals surface area contributed by atoms with E-state index in [-0.39, 0.29) is 11.8 Å². The zero-order valence-electron chi connectivity index (χ0n) is 17.5. The van der Waals surface area contributed by atoms with Crippen molar-refractivity contribution in [3.05, 3.63) is 60.7 Å². The van der Waals surface area contributed by atoms with Gasteiger partial charge in [-0.15, -0.1) is 0 Å². The van der Waals surface area contributed by atoms with Crippen LogP contribution in [-0.2, 0) is 9.59 Å². The van der Waals surface area contributed by atoms with Crippen LogP contribution in [0.3, 0.4) is 0 Å². The molecule has 0 heterocycles. The second kappa shape index (κ2) is 16.2. The molecule has 4 nitrogen and oxygen atoms in total. The van der Waals surface area contributed by atoms with Gasteiger partial charge < -0.3 is 0 Å². The molecule has 0 fully saturated rings. The summed E-state index contributed by atoms with van der Waals surface area (Å²) < 4.78 is 0. The van der Waals surface area contributed by atoms with Crippen LogP contribution in [0.25, 0.3) is 0 Å². The van der Waals surface area contributed by atoms with Crippen LogP contribution in [0.1, 0.15) is 51.4 Å². The summed E-state index contributed by atoms with van der Waals surface area (Å²) in [5, 5.41) is 8.56. The summed E-state index contributed by atoms with van der Waals surface area (Å²) in [6.07, 6.45) is 7.99. The summed E-state index contributed by atoms with van der Waals surface area (Å²) in [6.45, 7) is 0. The number of hydrogen-bond donors (Lipinski definition) is 2. The first kappa shape index (κ1) is 24.7. The summed E-state index contributed by atoms with van der Waals surface area (Å²) >= 11 is 1.56. The van der Waals surface area contributed by atoms with Gasteiger partial charge >= 0.3 is 192 Å². The van der Waals surface area contributed by atoms with Crippen molar-refractivity contribution in [2.75, 3.05) is 10.6 Å². The topological polar surface area (TPSA) is 58.2 Å². The van der Waals surface area contributed by atoms with E-state index in [2.05, 4.69) is 10.6 Å². The average Bonchev–Trinajstić information content (AvgIpc) is 2.76. The molecule has 6 heteroatoms. The van der Waals surface area contributed by atoms with Gasteiger partial charge in [0.25, 0.3) is 0 Å². The van der Waals surface area contributed by atoms with Gasteiger partial charge in [0.2, 0.25) is 0 Å². The summed E-state index contributed by atoms with van der Waals surface area (Å²) in [7, 11) is 0. The molecule has 0 bridgehead atoms. The molecule has 0 saturated heterocycles. The summed E-state index contributed by atoms with van der Waals surface area (Å²) in [4.78, 5) is 23.8. The molecule has 2 rings (SSSR count). The van der Waals surface area contributed by atoms with E-state index in [4.69, 9.17) is 0 Å². The van der Waals surface area contributed by atoms with Crippen molar-refractivity contribution in [2.45, 2.75) is 62.0 Å². The van der Waals surface area contributed by atoms with Crippen LogP contribution in [0.5, 0.6) is 0 Å². The van der Waals surface area contributed by atoms with E-state index in [1.807, 2.05) is 60.7 Å². The molecular formula is C24H32N2O2Se2. The van der Waals surface area contributed by atoms with Crippen LogP contribution in [0.15, 0.2) is 60.7 Å². The minimum atomic E-state index is 0.119. The average molecular weight is 538 g/mol. The molecule has 0 aromatic heterocycles. The summed E-state index contributed by atoms with van der Waals surface area (Å²) in [5.74, 6) is 0.238. The number of benzene rings is 2. The quantitative estimate of drug-likeness (QED) is 0.231. The van der Waals surface area contributed by atoms with Crippen molar-refractivity contribution in [3.63, 3.8) is 0 Å². The summed E-state index contributed by atoms with van der Waals surface area (Å²) in [5.41, 5.74) is 1.76. The van der Waals surface area contributed by atoms with Crippen LogP contribution in [0, 0.1) is 0 Å². The molecule has 0 aliphatic heterocycles. The SMILES string of the molecule is O=C(CCCCC[Se][Se]CCCCCC(=O)Nc1ccccc1)Nc1ccccc1. The molecule has 0 aliphatic rings. The zero-order chi connectivity index (χ0) is 21.3. The van der Waals surface area contributed by atoms with E-state index in [0.717, 1.165) is 63.3 Å². The first-order valence-corrected chi connectivity index (χ1v) is 17.4. The third-order valence-electron chi connectivity index (χ3n) is 4.46. The Balaban J connectivity index is 1.33. The Hall–Kier alpha value is -1.58. The molecule has 2 aromatic rings. The van der Waals surface area contributed by atoms with Crippen LogP contribution in [0.4, 0.5) is 11.4 Å². The number of rotatable bonds is 15. The Bertz CT molecular complexity index is 663. The Morgan fingerprint density at radius 1 is 0.567 bits per heavy atom. The predicted molar refractivity (Wildman–Crippen MR) is 128 cm³/mol. The van der Waals surface area contributed by atoms with Crippen LogP contribution >= 0.6 is 0 Å². The van der Waals surface area contributed by atoms with Crippen molar-refractivity contribution in [3.8, 4) is 0 Å². The number of unbranched alkanes of at least 4 members (excludes halogenated alkanes) is 4. The number of carbonyl (C=O) groups is 2. The number of para-hydroxylation sites is 2. The number of hydrogen-bond acceptors (Lipinski definition) is 2. The Morgan fingerprint density at radius 3 is 1.37 bits per heavy atom. The van der Waals surface area contributed by atoms with E-state index in [1.54, 1.807) is 0 Å². The minimum absolute atomic E-state index is 0.119. The van der Waals surface area contributed by atoms with Gasteiger partial charge in [-0.2, -0.15) is 0 Å². The molecule has 0 atom stereocenters. The molecule has 0 unspecified atom stereocenters. The van der Waals surface area contributed by atoms with E-state index < -0.39 is 0 Å². The molecule has 30 heavy (non-hydrogen) atoms. The van der Waals surface area contributed by atoms with E-state index in [0.29, 0.717) is 12.8 Å². The fraction of sp³-hybridized carbons (Fsp3) is 0.417. The van der Waals surface area contributed by atoms with Crippen molar-refractivity contribution < 1.29 is 9.59 Å². The molecule has 162 valence electrons. The first-order valence-electron chi connectivity index (χ1n) is 10.7. The summed E-state index contributed by atoms with van der Waals surface area (Å²) in [6, 6.07) is 19.3. The molecule has 0 aliphatic carbocycles. The third kappa shape index (κ3) is 12.2. The number of carbonyl (C=O) groups excluding carboxylic acids is 2. The van der Waals surface area contributed by atoms with Gasteiger partial charge in [0.05, 0.1) is 0 Å². The zero-order valence-corrected chi connectivity index (χ0v) is 20.9. The van der Waals surface area contributed by atoms with Gasteiger partial charge in [0.15, 0.2) is 0 Å². The van der Waals surface area contributed by atoms with Crippen molar-refractivity contribution in [2.24, 2.45) is 0 Å². The van der Waals surface area contributed by atoms with Crippen molar-refractivity contribution in [1.82, 2.24) is 0 Å². The monoisotopic (exact) mass is 540 g/mol. The van der Waals surface area contributed by atoms with Gasteiger partial charge in [0.1, 0.15) is 0 Å². The molecule has 2 amide bonds. The van der Waals surface area contributed by atoms with Gasteiger partial charge in [-0.1, -0.05) is 0 Å². The molecule has 2 N–H and O–H groups in total. The fourth-order valence-corrected chi connectivity index (χ4v) is 9.84. The van der Waals surface area contributed by atoms with Gasteiger partial charge in [-0.05, 0) is 0 Å². The molecule has 2 aromatic carbocycles. The van der Waals surface area contributed by atoms with Crippen LogP contribution < -0.4 is 10.6 Å². The van der Waals surface area contributed by atoms with Crippen molar-refractivity contribution >= 4 is 49.5 Å². The fourth-order valence-electron chi connectivity index (χ4n) is 2.85. The second-order valence-electron chi connectivity index (χ2n) is 7.09.